The van der Waals surface area contributed by atoms with E-state index in [-0.39, 0.29) is 38.3 Å². The molecule has 2 rings (SSSR count). The summed E-state index contributed by atoms with van der Waals surface area (Å²) in [7, 11) is 3.28. The van der Waals surface area contributed by atoms with Crippen LogP contribution in [0.25, 0.3) is 0 Å². The van der Waals surface area contributed by atoms with Crippen LogP contribution < -0.4 is 10.2 Å². The van der Waals surface area contributed by atoms with Crippen molar-refractivity contribution >= 4 is 46.2 Å². The summed E-state index contributed by atoms with van der Waals surface area (Å²) < 4.78 is 0. The maximum atomic E-state index is 11.9. The predicted octanol–water partition coefficient (Wildman–Crippen LogP) is 0.840. The van der Waals surface area contributed by atoms with Gasteiger partial charge < -0.3 is 10.2 Å². The van der Waals surface area contributed by atoms with Crippen LogP contribution in [0.3, 0.4) is 0 Å². The first-order chi connectivity index (χ1) is 10.6. The third-order valence-corrected chi connectivity index (χ3v) is 5.96. The Hall–Kier alpha value is -0.592. The molecule has 2 fully saturated rings. The van der Waals surface area contributed by atoms with E-state index in [0.29, 0.717) is 9.98 Å². The van der Waals surface area contributed by atoms with Gasteiger partial charge in [0.15, 0.2) is 0 Å². The van der Waals surface area contributed by atoms with Crippen LogP contribution in [-0.4, -0.2) is 45.9 Å². The van der Waals surface area contributed by atoms with E-state index in [2.05, 4.69) is 10.2 Å². The first-order valence-corrected chi connectivity index (χ1v) is 8.44. The van der Waals surface area contributed by atoms with Crippen molar-refractivity contribution in [3.63, 3.8) is 0 Å². The molecule has 0 aliphatic heterocycles. The van der Waals surface area contributed by atoms with Crippen LogP contribution in [0.1, 0.15) is 46.0 Å². The number of hydrogen-bond donors (Lipinski definition) is 0. The molecule has 0 bridgehead atoms. The standard InChI is InChI=1S/C15H24N4O2S2.Pt/c1-14(5-6-14)12(22)18(3)16-10(20)9-11(21)17-19(4)13(23)15(2)7-8-15;/h5-9H2,1-4H3,(H,16,20)(H,17,21);/q;+2/p-2. The second kappa shape index (κ2) is 7.75. The van der Waals surface area contributed by atoms with Crippen molar-refractivity contribution in [1.82, 2.24) is 10.0 Å². The molecular weight excluding hydrogens is 527 g/mol. The summed E-state index contributed by atoms with van der Waals surface area (Å²) in [6.07, 6.45) is 3.65. The van der Waals surface area contributed by atoms with Crippen LogP contribution in [0, 0.1) is 10.8 Å². The van der Waals surface area contributed by atoms with Gasteiger partial charge >= 0.3 is 21.1 Å². The molecule has 0 atom stereocenters. The predicted molar refractivity (Wildman–Crippen MR) is 94.9 cm³/mol. The van der Waals surface area contributed by atoms with Gasteiger partial charge in [0.1, 0.15) is 9.98 Å². The van der Waals surface area contributed by atoms with E-state index in [1.807, 2.05) is 13.8 Å². The van der Waals surface area contributed by atoms with Crippen LogP contribution in [0.4, 0.5) is 0 Å². The van der Waals surface area contributed by atoms with Crippen molar-refractivity contribution in [2.45, 2.75) is 46.0 Å². The van der Waals surface area contributed by atoms with Crippen molar-refractivity contribution in [2.24, 2.45) is 21.0 Å². The van der Waals surface area contributed by atoms with Gasteiger partial charge in [0.25, 0.3) is 0 Å². The molecule has 0 saturated heterocycles. The van der Waals surface area contributed by atoms with Crippen molar-refractivity contribution in [2.75, 3.05) is 14.1 Å². The van der Waals surface area contributed by atoms with E-state index in [9.17, 15) is 10.2 Å². The third-order valence-electron chi connectivity index (χ3n) is 4.45. The molecule has 9 heteroatoms. The molecule has 0 unspecified atom stereocenters. The van der Waals surface area contributed by atoms with Gasteiger partial charge in [0, 0.05) is 31.3 Å². The molecule has 0 N–H and O–H groups in total. The fraction of sp³-hybridized carbons (Fsp3) is 0.733. The third kappa shape index (κ3) is 5.20. The van der Waals surface area contributed by atoms with E-state index in [0.717, 1.165) is 25.7 Å². The Labute approximate surface area is 168 Å². The van der Waals surface area contributed by atoms with Crippen molar-refractivity contribution < 1.29 is 31.3 Å². The molecule has 2 saturated carbocycles. The molecule has 0 spiro atoms. The van der Waals surface area contributed by atoms with E-state index < -0.39 is 11.8 Å². The zero-order valence-electron chi connectivity index (χ0n) is 14.3. The Morgan fingerprint density at radius 2 is 1.17 bits per heavy atom. The molecule has 2 aliphatic rings. The second-order valence-electron chi connectivity index (χ2n) is 6.94. The zero-order chi connectivity index (χ0) is 17.4. The monoisotopic (exact) mass is 549 g/mol. The largest absolute Gasteiger partial charge is 2.00 e. The Balaban J connectivity index is 0.00000288. The Morgan fingerprint density at radius 1 is 0.875 bits per heavy atom. The molecule has 0 amide bonds. The first-order valence-electron chi connectivity index (χ1n) is 7.63. The van der Waals surface area contributed by atoms with E-state index >= 15 is 0 Å². The van der Waals surface area contributed by atoms with E-state index in [4.69, 9.17) is 24.4 Å². The molecule has 0 aromatic carbocycles. The van der Waals surface area contributed by atoms with Gasteiger partial charge in [0.05, 0.1) is 0 Å². The summed E-state index contributed by atoms with van der Waals surface area (Å²) in [4.78, 5) is 1.27. The summed E-state index contributed by atoms with van der Waals surface area (Å²) in [5.74, 6) is -1.10. The van der Waals surface area contributed by atoms with Crippen LogP contribution >= 0.6 is 24.4 Å². The molecule has 0 aromatic rings. The molecule has 136 valence electrons. The summed E-state index contributed by atoms with van der Waals surface area (Å²) >= 11 is 10.6. The summed E-state index contributed by atoms with van der Waals surface area (Å²) in [5, 5.41) is 34.3. The number of hydrazone groups is 2. The average molecular weight is 550 g/mol. The SMILES string of the molecule is CN(/N=C(\[O-])C/C([O-])=N/N(C)C(=S)C1(C)CC1)C(=S)C1(C)CC1.[Pt+2]. The Bertz CT molecular complexity index is 536. The van der Waals surface area contributed by atoms with Crippen molar-refractivity contribution in [3.8, 4) is 0 Å². The maximum Gasteiger partial charge on any atom is 2.00 e. The van der Waals surface area contributed by atoms with Gasteiger partial charge in [-0.15, -0.1) is 0 Å². The molecule has 2 aliphatic carbocycles. The van der Waals surface area contributed by atoms with Gasteiger partial charge in [0.2, 0.25) is 0 Å². The number of thiocarbonyl (C=S) groups is 2. The molecular formula is C15H22N4O2PtS2. The van der Waals surface area contributed by atoms with Gasteiger partial charge in [-0.1, -0.05) is 38.3 Å². The molecule has 0 heterocycles. The van der Waals surface area contributed by atoms with E-state index in [1.165, 1.54) is 10.0 Å². The zero-order valence-corrected chi connectivity index (χ0v) is 18.2. The maximum absolute atomic E-state index is 11.9. The normalized spacial score (nSPS) is 20.7. The quantitative estimate of drug-likeness (QED) is 0.212. The van der Waals surface area contributed by atoms with Crippen LogP contribution in [-0.2, 0) is 21.1 Å². The molecule has 24 heavy (non-hydrogen) atoms. The number of hydrogen-bond acceptors (Lipinski definition) is 6. The summed E-state index contributed by atoms with van der Waals surface area (Å²) in [6, 6.07) is 0. The second-order valence-corrected chi connectivity index (χ2v) is 7.72. The Morgan fingerprint density at radius 3 is 1.42 bits per heavy atom. The average Bonchev–Trinajstić information content (AvgIpc) is 3.37. The van der Waals surface area contributed by atoms with Gasteiger partial charge in [-0.2, -0.15) is 10.2 Å². The Kier molecular flexibility index (Phi) is 6.92. The molecule has 0 aromatic heterocycles. The topological polar surface area (TPSA) is 77.3 Å². The summed E-state index contributed by atoms with van der Waals surface area (Å²) in [6.45, 7) is 4.08. The first kappa shape index (κ1) is 21.5. The van der Waals surface area contributed by atoms with Crippen molar-refractivity contribution in [3.05, 3.63) is 0 Å². The number of rotatable bonds is 6. The van der Waals surface area contributed by atoms with Crippen LogP contribution in [0.2, 0.25) is 0 Å². The van der Waals surface area contributed by atoms with Gasteiger partial charge in [-0.25, -0.2) is 0 Å². The van der Waals surface area contributed by atoms with Gasteiger partial charge in [-0.05, 0) is 37.5 Å². The van der Waals surface area contributed by atoms with Crippen LogP contribution in [0.5, 0.6) is 0 Å². The smallest absolute Gasteiger partial charge is 0.860 e. The van der Waals surface area contributed by atoms with E-state index in [1.54, 1.807) is 14.1 Å². The van der Waals surface area contributed by atoms with Crippen LogP contribution in [0.15, 0.2) is 10.2 Å². The minimum Gasteiger partial charge on any atom is -0.860 e. The fourth-order valence-electron chi connectivity index (χ4n) is 2.21. The summed E-state index contributed by atoms with van der Waals surface area (Å²) in [5.41, 5.74) is -0.0667. The minimum absolute atomic E-state index is 0. The van der Waals surface area contributed by atoms with Gasteiger partial charge in [-0.3, -0.25) is 10.0 Å². The van der Waals surface area contributed by atoms with Crippen molar-refractivity contribution in [1.29, 1.82) is 0 Å². The molecule has 6 nitrogen and oxygen atoms in total. The minimum atomic E-state index is -0.551. The molecule has 0 radical (unpaired) electrons. The fourth-order valence-corrected chi connectivity index (χ4v) is 2.70. The number of nitrogens with zero attached hydrogens (tertiary/aromatic N) is 4.